The van der Waals surface area contributed by atoms with Crippen LogP contribution in [0.3, 0.4) is 0 Å². The molecule has 144 valence electrons. The summed E-state index contributed by atoms with van der Waals surface area (Å²) in [5.74, 6) is 0.739. The maximum Gasteiger partial charge on any atom is 0.317 e. The highest BCUT2D eigenvalue weighted by Gasteiger charge is 2.31. The Morgan fingerprint density at radius 2 is 1.88 bits per heavy atom. The van der Waals surface area contributed by atoms with E-state index in [1.54, 1.807) is 19.0 Å². The van der Waals surface area contributed by atoms with Gasteiger partial charge >= 0.3 is 6.03 Å². The summed E-state index contributed by atoms with van der Waals surface area (Å²) in [5.41, 5.74) is 1.04. The van der Waals surface area contributed by atoms with Crippen molar-refractivity contribution in [1.82, 2.24) is 15.1 Å². The summed E-state index contributed by atoms with van der Waals surface area (Å²) in [4.78, 5) is 18.1. The van der Waals surface area contributed by atoms with E-state index in [4.69, 9.17) is 23.2 Å². The Morgan fingerprint density at radius 1 is 1.19 bits per heavy atom. The molecule has 1 heterocycles. The first-order valence-corrected chi connectivity index (χ1v) is 10.1. The highest BCUT2D eigenvalue weighted by molar-refractivity contribution is 6.43. The van der Waals surface area contributed by atoms with Crippen LogP contribution in [0.4, 0.5) is 10.5 Å². The van der Waals surface area contributed by atoms with Gasteiger partial charge in [-0.25, -0.2) is 4.79 Å². The quantitative estimate of drug-likeness (QED) is 0.823. The average Bonchev–Trinajstić information content (AvgIpc) is 2.59. The van der Waals surface area contributed by atoms with Crippen LogP contribution in [-0.4, -0.2) is 68.7 Å². The SMILES string of the molecule is CN(C)C(=O)N[C@H]1C[C@@H](CCN2CCN(c3cccc(Cl)c3Cl)CC2)C1. The lowest BCUT2D eigenvalue weighted by molar-refractivity contribution is 0.162. The van der Waals surface area contributed by atoms with Crippen molar-refractivity contribution in [3.8, 4) is 0 Å². The van der Waals surface area contributed by atoms with E-state index in [2.05, 4.69) is 15.1 Å². The van der Waals surface area contributed by atoms with E-state index in [9.17, 15) is 4.79 Å². The molecule has 7 heteroatoms. The predicted octanol–water partition coefficient (Wildman–Crippen LogP) is 3.56. The maximum absolute atomic E-state index is 11.6. The van der Waals surface area contributed by atoms with Crippen LogP contribution in [0, 0.1) is 5.92 Å². The topological polar surface area (TPSA) is 38.8 Å². The number of hydrogen-bond donors (Lipinski definition) is 1. The Labute approximate surface area is 166 Å². The minimum Gasteiger partial charge on any atom is -0.368 e. The second-order valence-electron chi connectivity index (χ2n) is 7.57. The molecule has 1 N–H and O–H groups in total. The van der Waals surface area contributed by atoms with Gasteiger partial charge in [-0.3, -0.25) is 4.90 Å². The average molecular weight is 399 g/mol. The second kappa shape index (κ2) is 8.68. The van der Waals surface area contributed by atoms with E-state index in [0.29, 0.717) is 16.1 Å². The van der Waals surface area contributed by atoms with Crippen molar-refractivity contribution in [2.75, 3.05) is 51.7 Å². The molecule has 2 fully saturated rings. The lowest BCUT2D eigenvalue weighted by atomic mass is 9.78. The van der Waals surface area contributed by atoms with Crippen LogP contribution < -0.4 is 10.2 Å². The first-order valence-electron chi connectivity index (χ1n) is 9.33. The molecule has 1 aliphatic heterocycles. The van der Waals surface area contributed by atoms with Crippen LogP contribution in [-0.2, 0) is 0 Å². The standard InChI is InChI=1S/C19H28Cl2N4O/c1-23(2)19(26)22-15-12-14(13-15)6-7-24-8-10-25(11-9-24)17-5-3-4-16(20)18(17)21/h3-5,14-15H,6-13H2,1-2H3,(H,22,26)/t14-,15+. The van der Waals surface area contributed by atoms with Crippen molar-refractivity contribution in [3.05, 3.63) is 28.2 Å². The highest BCUT2D eigenvalue weighted by atomic mass is 35.5. The molecule has 0 aromatic heterocycles. The van der Waals surface area contributed by atoms with Gasteiger partial charge in [0.25, 0.3) is 0 Å². The summed E-state index contributed by atoms with van der Waals surface area (Å²) < 4.78 is 0. The number of hydrogen-bond acceptors (Lipinski definition) is 3. The zero-order valence-electron chi connectivity index (χ0n) is 15.5. The van der Waals surface area contributed by atoms with Gasteiger partial charge in [0.05, 0.1) is 15.7 Å². The van der Waals surface area contributed by atoms with E-state index in [-0.39, 0.29) is 6.03 Å². The number of benzene rings is 1. The minimum atomic E-state index is 0.0178. The van der Waals surface area contributed by atoms with Gasteiger partial charge in [0.1, 0.15) is 0 Å². The number of amides is 2. The smallest absolute Gasteiger partial charge is 0.317 e. The molecule has 0 radical (unpaired) electrons. The molecule has 1 aromatic carbocycles. The minimum absolute atomic E-state index is 0.0178. The molecular weight excluding hydrogens is 371 g/mol. The number of rotatable bonds is 5. The number of nitrogens with one attached hydrogen (secondary N) is 1. The molecule has 0 bridgehead atoms. The lowest BCUT2D eigenvalue weighted by Crippen LogP contribution is -2.49. The van der Waals surface area contributed by atoms with Crippen molar-refractivity contribution < 1.29 is 4.79 Å². The Kier molecular flexibility index (Phi) is 6.54. The summed E-state index contributed by atoms with van der Waals surface area (Å²) >= 11 is 12.5. The van der Waals surface area contributed by atoms with Gasteiger partial charge in [-0.1, -0.05) is 29.3 Å². The molecule has 0 spiro atoms. The third-order valence-electron chi connectivity index (χ3n) is 5.47. The van der Waals surface area contributed by atoms with Crippen LogP contribution in [0.2, 0.25) is 10.0 Å². The molecule has 1 aromatic rings. The molecular formula is C19H28Cl2N4O. The van der Waals surface area contributed by atoms with Gasteiger partial charge in [-0.05, 0) is 43.9 Å². The lowest BCUT2D eigenvalue weighted by Gasteiger charge is -2.40. The van der Waals surface area contributed by atoms with E-state index >= 15 is 0 Å². The number of anilines is 1. The number of carbonyl (C=O) groups is 1. The van der Waals surface area contributed by atoms with Crippen molar-refractivity contribution in [2.24, 2.45) is 5.92 Å². The Balaban J connectivity index is 1.35. The fourth-order valence-electron chi connectivity index (χ4n) is 3.71. The molecule has 0 unspecified atom stereocenters. The number of halogens is 2. The van der Waals surface area contributed by atoms with Gasteiger partial charge in [-0.15, -0.1) is 0 Å². The summed E-state index contributed by atoms with van der Waals surface area (Å²) in [6.07, 6.45) is 3.43. The van der Waals surface area contributed by atoms with Crippen LogP contribution in [0.1, 0.15) is 19.3 Å². The van der Waals surface area contributed by atoms with E-state index in [0.717, 1.165) is 57.2 Å². The van der Waals surface area contributed by atoms with Crippen LogP contribution in [0.5, 0.6) is 0 Å². The summed E-state index contributed by atoms with van der Waals surface area (Å²) in [7, 11) is 3.56. The maximum atomic E-state index is 11.6. The van der Waals surface area contributed by atoms with Crippen LogP contribution in [0.15, 0.2) is 18.2 Å². The molecule has 1 saturated carbocycles. The zero-order valence-corrected chi connectivity index (χ0v) is 17.1. The summed E-state index contributed by atoms with van der Waals surface area (Å²) in [6, 6.07) is 6.20. The van der Waals surface area contributed by atoms with Gasteiger partial charge in [0, 0.05) is 46.3 Å². The molecule has 26 heavy (non-hydrogen) atoms. The van der Waals surface area contributed by atoms with Crippen LogP contribution >= 0.6 is 23.2 Å². The van der Waals surface area contributed by atoms with E-state index in [1.807, 2.05) is 18.2 Å². The van der Waals surface area contributed by atoms with Gasteiger partial charge in [0.15, 0.2) is 0 Å². The zero-order chi connectivity index (χ0) is 18.7. The molecule has 5 nitrogen and oxygen atoms in total. The highest BCUT2D eigenvalue weighted by Crippen LogP contribution is 2.33. The Bertz CT molecular complexity index is 626. The number of nitrogens with zero attached hydrogens (tertiary/aromatic N) is 3. The van der Waals surface area contributed by atoms with Gasteiger partial charge < -0.3 is 15.1 Å². The fourth-order valence-corrected chi connectivity index (χ4v) is 4.12. The summed E-state index contributed by atoms with van der Waals surface area (Å²) in [5, 5.41) is 4.33. The van der Waals surface area contributed by atoms with Crippen molar-refractivity contribution in [2.45, 2.75) is 25.3 Å². The van der Waals surface area contributed by atoms with E-state index in [1.165, 1.54) is 6.42 Å². The van der Waals surface area contributed by atoms with Crippen molar-refractivity contribution >= 4 is 34.9 Å². The van der Waals surface area contributed by atoms with Crippen molar-refractivity contribution in [3.63, 3.8) is 0 Å². The van der Waals surface area contributed by atoms with Gasteiger partial charge in [0.2, 0.25) is 0 Å². The second-order valence-corrected chi connectivity index (χ2v) is 8.35. The molecule has 3 rings (SSSR count). The number of urea groups is 1. The number of carbonyl (C=O) groups excluding carboxylic acids is 1. The van der Waals surface area contributed by atoms with Crippen molar-refractivity contribution in [1.29, 1.82) is 0 Å². The third-order valence-corrected chi connectivity index (χ3v) is 6.28. The monoisotopic (exact) mass is 398 g/mol. The molecule has 2 amide bonds. The first kappa shape index (κ1) is 19.6. The number of piperazine rings is 1. The molecule has 2 aliphatic rings. The molecule has 0 atom stereocenters. The van der Waals surface area contributed by atoms with Gasteiger partial charge in [-0.2, -0.15) is 0 Å². The third kappa shape index (κ3) is 4.76. The molecule has 1 aliphatic carbocycles. The molecule has 1 saturated heterocycles. The first-order chi connectivity index (χ1) is 12.4. The normalized spacial score (nSPS) is 23.5. The Hall–Kier alpha value is -1.17. The predicted molar refractivity (Wildman–Crippen MR) is 108 cm³/mol. The fraction of sp³-hybridized carbons (Fsp3) is 0.632. The Morgan fingerprint density at radius 3 is 2.54 bits per heavy atom. The summed E-state index contributed by atoms with van der Waals surface area (Å²) in [6.45, 7) is 5.20. The largest absolute Gasteiger partial charge is 0.368 e. The van der Waals surface area contributed by atoms with Crippen LogP contribution in [0.25, 0.3) is 0 Å². The van der Waals surface area contributed by atoms with E-state index < -0.39 is 0 Å².